The molecule has 2 unspecified atom stereocenters. The number of rotatable bonds is 6. The summed E-state index contributed by atoms with van der Waals surface area (Å²) in [5.41, 5.74) is -0.958. The van der Waals surface area contributed by atoms with Gasteiger partial charge in [0.15, 0.2) is 0 Å². The van der Waals surface area contributed by atoms with Crippen LogP contribution in [0.5, 0.6) is 0 Å². The maximum atomic E-state index is 12.3. The van der Waals surface area contributed by atoms with E-state index < -0.39 is 11.4 Å². The molecule has 110 valence electrons. The molecule has 19 heavy (non-hydrogen) atoms. The Morgan fingerprint density at radius 2 is 2.05 bits per heavy atom. The van der Waals surface area contributed by atoms with Crippen molar-refractivity contribution < 1.29 is 14.7 Å². The minimum atomic E-state index is -0.958. The number of aliphatic carboxylic acids is 1. The molecule has 0 radical (unpaired) electrons. The Bertz CT molecular complexity index is 340. The van der Waals surface area contributed by atoms with Gasteiger partial charge in [0, 0.05) is 19.5 Å². The van der Waals surface area contributed by atoms with E-state index in [0.717, 1.165) is 32.4 Å². The molecule has 2 atom stereocenters. The number of hydrogen-bond acceptors (Lipinski definition) is 2. The number of amides is 1. The summed E-state index contributed by atoms with van der Waals surface area (Å²) in [5.74, 6) is -0.329. The van der Waals surface area contributed by atoms with Crippen LogP contribution in [0.1, 0.15) is 53.4 Å². The van der Waals surface area contributed by atoms with Gasteiger partial charge in [0.1, 0.15) is 0 Å². The quantitative estimate of drug-likeness (QED) is 0.806. The Hall–Kier alpha value is -1.06. The third-order valence-electron chi connectivity index (χ3n) is 4.62. The SMILES string of the molecule is CCCC1CCN(C(=O)CC(C)(C(=O)O)C(C)C)C1. The van der Waals surface area contributed by atoms with E-state index in [0.29, 0.717) is 5.92 Å². The van der Waals surface area contributed by atoms with Crippen molar-refractivity contribution >= 4 is 11.9 Å². The lowest BCUT2D eigenvalue weighted by Crippen LogP contribution is -2.40. The molecule has 1 saturated heterocycles. The number of nitrogens with zero attached hydrogens (tertiary/aromatic N) is 1. The topological polar surface area (TPSA) is 57.6 Å². The summed E-state index contributed by atoms with van der Waals surface area (Å²) in [6.45, 7) is 9.16. The second-order valence-corrected chi connectivity index (χ2v) is 6.34. The highest BCUT2D eigenvalue weighted by Crippen LogP contribution is 2.33. The summed E-state index contributed by atoms with van der Waals surface area (Å²) in [5, 5.41) is 9.36. The predicted molar refractivity (Wildman–Crippen MR) is 74.8 cm³/mol. The molecule has 4 heteroatoms. The van der Waals surface area contributed by atoms with Gasteiger partial charge >= 0.3 is 5.97 Å². The fraction of sp³-hybridized carbons (Fsp3) is 0.867. The molecular formula is C15H27NO3. The van der Waals surface area contributed by atoms with Gasteiger partial charge in [0.2, 0.25) is 5.91 Å². The molecular weight excluding hydrogens is 242 g/mol. The number of likely N-dealkylation sites (tertiary alicyclic amines) is 1. The number of hydrogen-bond donors (Lipinski definition) is 1. The van der Waals surface area contributed by atoms with Crippen LogP contribution in [0.3, 0.4) is 0 Å². The van der Waals surface area contributed by atoms with Crippen LogP contribution in [-0.2, 0) is 9.59 Å². The summed E-state index contributed by atoms with van der Waals surface area (Å²) >= 11 is 0. The Labute approximate surface area is 116 Å². The van der Waals surface area contributed by atoms with Crippen LogP contribution >= 0.6 is 0 Å². The minimum absolute atomic E-state index is 0.00259. The highest BCUT2D eigenvalue weighted by atomic mass is 16.4. The van der Waals surface area contributed by atoms with Gasteiger partial charge < -0.3 is 10.0 Å². The monoisotopic (exact) mass is 269 g/mol. The van der Waals surface area contributed by atoms with E-state index >= 15 is 0 Å². The summed E-state index contributed by atoms with van der Waals surface area (Å²) in [6.07, 6.45) is 3.47. The first-order chi connectivity index (χ1) is 8.81. The van der Waals surface area contributed by atoms with Gasteiger partial charge in [-0.15, -0.1) is 0 Å². The normalized spacial score (nSPS) is 22.6. The van der Waals surface area contributed by atoms with Gasteiger partial charge in [-0.3, -0.25) is 9.59 Å². The van der Waals surface area contributed by atoms with Gasteiger partial charge in [-0.1, -0.05) is 27.2 Å². The first kappa shape index (κ1) is 16.0. The second-order valence-electron chi connectivity index (χ2n) is 6.34. The van der Waals surface area contributed by atoms with Crippen molar-refractivity contribution in [3.05, 3.63) is 0 Å². The lowest BCUT2D eigenvalue weighted by atomic mass is 9.76. The van der Waals surface area contributed by atoms with Crippen LogP contribution in [0.15, 0.2) is 0 Å². The fourth-order valence-electron chi connectivity index (χ4n) is 2.66. The van der Waals surface area contributed by atoms with Gasteiger partial charge in [0.25, 0.3) is 0 Å². The van der Waals surface area contributed by atoms with Gasteiger partial charge in [-0.05, 0) is 31.6 Å². The molecule has 1 N–H and O–H groups in total. The summed E-state index contributed by atoms with van der Waals surface area (Å²) in [7, 11) is 0. The molecule has 1 heterocycles. The van der Waals surface area contributed by atoms with E-state index in [9.17, 15) is 14.7 Å². The molecule has 0 bridgehead atoms. The molecule has 0 aromatic carbocycles. The van der Waals surface area contributed by atoms with Crippen molar-refractivity contribution in [1.82, 2.24) is 4.90 Å². The highest BCUT2D eigenvalue weighted by molar-refractivity contribution is 5.85. The molecule has 0 aromatic heterocycles. The molecule has 1 aliphatic heterocycles. The molecule has 0 spiro atoms. The Morgan fingerprint density at radius 3 is 2.53 bits per heavy atom. The van der Waals surface area contributed by atoms with Crippen molar-refractivity contribution in [2.75, 3.05) is 13.1 Å². The molecule has 0 aromatic rings. The number of carbonyl (C=O) groups excluding carboxylic acids is 1. The summed E-state index contributed by atoms with van der Waals surface area (Å²) in [4.78, 5) is 25.5. The van der Waals surface area contributed by atoms with E-state index in [4.69, 9.17) is 0 Å². The van der Waals surface area contributed by atoms with Crippen LogP contribution in [0.2, 0.25) is 0 Å². The number of carboxylic acids is 1. The molecule has 0 aliphatic carbocycles. The van der Waals surface area contributed by atoms with Crippen LogP contribution in [-0.4, -0.2) is 35.0 Å². The van der Waals surface area contributed by atoms with E-state index in [1.165, 1.54) is 0 Å². The molecule has 1 amide bonds. The van der Waals surface area contributed by atoms with E-state index in [1.54, 1.807) is 6.92 Å². The van der Waals surface area contributed by atoms with E-state index in [1.807, 2.05) is 18.7 Å². The first-order valence-electron chi connectivity index (χ1n) is 7.32. The van der Waals surface area contributed by atoms with Crippen molar-refractivity contribution in [3.8, 4) is 0 Å². The Morgan fingerprint density at radius 1 is 1.42 bits per heavy atom. The fourth-order valence-corrected chi connectivity index (χ4v) is 2.66. The van der Waals surface area contributed by atoms with Gasteiger partial charge in [0.05, 0.1) is 5.41 Å². The van der Waals surface area contributed by atoms with Crippen molar-refractivity contribution in [2.45, 2.75) is 53.4 Å². The average Bonchev–Trinajstić information content (AvgIpc) is 2.77. The zero-order valence-electron chi connectivity index (χ0n) is 12.6. The minimum Gasteiger partial charge on any atom is -0.481 e. The number of carbonyl (C=O) groups is 2. The van der Waals surface area contributed by atoms with E-state index in [-0.39, 0.29) is 18.2 Å². The predicted octanol–water partition coefficient (Wildman–Crippen LogP) is 2.77. The van der Waals surface area contributed by atoms with Gasteiger partial charge in [-0.2, -0.15) is 0 Å². The third-order valence-corrected chi connectivity index (χ3v) is 4.62. The van der Waals surface area contributed by atoms with Crippen LogP contribution < -0.4 is 0 Å². The largest absolute Gasteiger partial charge is 0.481 e. The Kier molecular flexibility index (Phi) is 5.39. The van der Waals surface area contributed by atoms with Crippen molar-refractivity contribution in [2.24, 2.45) is 17.3 Å². The van der Waals surface area contributed by atoms with Crippen molar-refractivity contribution in [1.29, 1.82) is 0 Å². The molecule has 1 aliphatic rings. The third kappa shape index (κ3) is 3.71. The first-order valence-corrected chi connectivity index (χ1v) is 7.32. The van der Waals surface area contributed by atoms with Crippen LogP contribution in [0.25, 0.3) is 0 Å². The lowest BCUT2D eigenvalue weighted by molar-refractivity contribution is -0.155. The molecule has 1 fully saturated rings. The van der Waals surface area contributed by atoms with Crippen LogP contribution in [0, 0.1) is 17.3 Å². The maximum Gasteiger partial charge on any atom is 0.310 e. The second kappa shape index (κ2) is 6.40. The average molecular weight is 269 g/mol. The molecule has 4 nitrogen and oxygen atoms in total. The zero-order valence-corrected chi connectivity index (χ0v) is 12.6. The Balaban J connectivity index is 2.62. The summed E-state index contributed by atoms with van der Waals surface area (Å²) in [6, 6.07) is 0. The van der Waals surface area contributed by atoms with Crippen molar-refractivity contribution in [3.63, 3.8) is 0 Å². The smallest absolute Gasteiger partial charge is 0.310 e. The van der Waals surface area contributed by atoms with E-state index in [2.05, 4.69) is 6.92 Å². The van der Waals surface area contributed by atoms with Crippen LogP contribution in [0.4, 0.5) is 0 Å². The maximum absolute atomic E-state index is 12.3. The standard InChI is InChI=1S/C15H27NO3/c1-5-6-12-7-8-16(10-12)13(17)9-15(4,11(2)3)14(18)19/h11-12H,5-10H2,1-4H3,(H,18,19). The highest BCUT2D eigenvalue weighted by Gasteiger charge is 2.40. The lowest BCUT2D eigenvalue weighted by Gasteiger charge is -2.30. The summed E-state index contributed by atoms with van der Waals surface area (Å²) < 4.78 is 0. The van der Waals surface area contributed by atoms with Gasteiger partial charge in [-0.25, -0.2) is 0 Å². The zero-order chi connectivity index (χ0) is 14.6. The number of carboxylic acid groups (broad SMARTS) is 1. The molecule has 0 saturated carbocycles. The molecule has 1 rings (SSSR count).